The van der Waals surface area contributed by atoms with E-state index in [4.69, 9.17) is 11.6 Å². The number of pyridine rings is 1. The zero-order chi connectivity index (χ0) is 12.6. The van der Waals surface area contributed by atoms with Crippen LogP contribution in [0.3, 0.4) is 0 Å². The van der Waals surface area contributed by atoms with Crippen molar-refractivity contribution in [2.24, 2.45) is 0 Å². The number of rotatable bonds is 2. The van der Waals surface area contributed by atoms with Crippen LogP contribution >= 0.6 is 11.6 Å². The molecular formula is C12H14ClNO3S. The maximum atomic E-state index is 12.2. The summed E-state index contributed by atoms with van der Waals surface area (Å²) in [4.78, 5) is 4.69. The molecule has 1 aromatic carbocycles. The summed E-state index contributed by atoms with van der Waals surface area (Å²) in [6.07, 6.45) is 1.57. The SMILES string of the molecule is CC(C)S(=O)c1cc(Cl)c(O)c2ncccc12.O. The molecule has 1 heterocycles. The monoisotopic (exact) mass is 287 g/mol. The van der Waals surface area contributed by atoms with Gasteiger partial charge >= 0.3 is 0 Å². The van der Waals surface area contributed by atoms with Crippen molar-refractivity contribution in [3.05, 3.63) is 29.4 Å². The molecule has 0 aliphatic heterocycles. The van der Waals surface area contributed by atoms with Crippen LogP contribution < -0.4 is 0 Å². The van der Waals surface area contributed by atoms with Crippen molar-refractivity contribution in [2.45, 2.75) is 24.0 Å². The van der Waals surface area contributed by atoms with Gasteiger partial charge in [0.2, 0.25) is 0 Å². The second-order valence-corrected chi connectivity index (χ2v) is 6.34. The molecule has 0 saturated heterocycles. The number of hydrogen-bond acceptors (Lipinski definition) is 3. The third-order valence-corrected chi connectivity index (χ3v) is 4.34. The molecule has 0 bridgehead atoms. The molecular weight excluding hydrogens is 274 g/mol. The third kappa shape index (κ3) is 2.48. The van der Waals surface area contributed by atoms with Gasteiger partial charge in [0, 0.05) is 16.8 Å². The van der Waals surface area contributed by atoms with E-state index in [1.165, 1.54) is 0 Å². The average Bonchev–Trinajstić information content (AvgIpc) is 2.33. The van der Waals surface area contributed by atoms with Crippen molar-refractivity contribution >= 4 is 33.3 Å². The van der Waals surface area contributed by atoms with Gasteiger partial charge in [0.05, 0.1) is 20.7 Å². The Morgan fingerprint density at radius 3 is 2.72 bits per heavy atom. The van der Waals surface area contributed by atoms with Gasteiger partial charge in [-0.2, -0.15) is 0 Å². The Morgan fingerprint density at radius 2 is 2.11 bits per heavy atom. The van der Waals surface area contributed by atoms with Crippen LogP contribution in [0, 0.1) is 0 Å². The molecule has 0 fully saturated rings. The summed E-state index contributed by atoms with van der Waals surface area (Å²) < 4.78 is 12.2. The molecule has 1 aromatic heterocycles. The number of phenolic OH excluding ortho intramolecular Hbond substituents is 1. The lowest BCUT2D eigenvalue weighted by molar-refractivity contribution is 0.480. The molecule has 4 nitrogen and oxygen atoms in total. The minimum Gasteiger partial charge on any atom is -0.504 e. The molecule has 0 aliphatic carbocycles. The van der Waals surface area contributed by atoms with Gasteiger partial charge in [0.15, 0.2) is 5.75 Å². The molecule has 1 unspecified atom stereocenters. The van der Waals surface area contributed by atoms with Crippen LogP contribution in [0.4, 0.5) is 0 Å². The number of benzene rings is 1. The van der Waals surface area contributed by atoms with Gasteiger partial charge in [-0.25, -0.2) is 0 Å². The number of aromatic nitrogens is 1. The molecule has 0 radical (unpaired) electrons. The van der Waals surface area contributed by atoms with E-state index in [0.717, 1.165) is 0 Å². The Kier molecular flexibility index (Phi) is 4.67. The van der Waals surface area contributed by atoms with Crippen LogP contribution in [0.1, 0.15) is 13.8 Å². The molecule has 1 atom stereocenters. The lowest BCUT2D eigenvalue weighted by Gasteiger charge is -2.10. The zero-order valence-electron chi connectivity index (χ0n) is 9.98. The Balaban J connectivity index is 0.00000162. The second kappa shape index (κ2) is 5.65. The summed E-state index contributed by atoms with van der Waals surface area (Å²) in [6, 6.07) is 5.09. The van der Waals surface area contributed by atoms with E-state index in [-0.39, 0.29) is 21.5 Å². The van der Waals surface area contributed by atoms with Crippen molar-refractivity contribution in [1.82, 2.24) is 4.98 Å². The second-order valence-electron chi connectivity index (χ2n) is 3.95. The maximum Gasteiger partial charge on any atom is 0.160 e. The number of phenols is 1. The average molecular weight is 288 g/mol. The quantitative estimate of drug-likeness (QED) is 0.920. The van der Waals surface area contributed by atoms with Crippen LogP contribution in [-0.2, 0) is 10.8 Å². The first-order valence-corrected chi connectivity index (χ1v) is 6.78. The van der Waals surface area contributed by atoms with E-state index in [1.807, 2.05) is 13.8 Å². The fraction of sp³-hybridized carbons (Fsp3) is 0.250. The fourth-order valence-corrected chi connectivity index (χ4v) is 2.97. The van der Waals surface area contributed by atoms with Crippen LogP contribution in [0.5, 0.6) is 5.75 Å². The van der Waals surface area contributed by atoms with Crippen LogP contribution in [-0.4, -0.2) is 25.0 Å². The predicted octanol–water partition coefficient (Wildman–Crippen LogP) is 2.29. The van der Waals surface area contributed by atoms with E-state index in [1.54, 1.807) is 24.4 Å². The van der Waals surface area contributed by atoms with Gasteiger partial charge in [0.25, 0.3) is 0 Å². The minimum atomic E-state index is -1.16. The Labute approximate surface area is 112 Å². The van der Waals surface area contributed by atoms with E-state index in [0.29, 0.717) is 15.8 Å². The maximum absolute atomic E-state index is 12.2. The lowest BCUT2D eigenvalue weighted by Crippen LogP contribution is -2.06. The van der Waals surface area contributed by atoms with Crippen molar-refractivity contribution in [2.75, 3.05) is 0 Å². The minimum absolute atomic E-state index is 0. The van der Waals surface area contributed by atoms with Gasteiger partial charge in [-0.3, -0.25) is 9.19 Å². The molecule has 2 rings (SSSR count). The van der Waals surface area contributed by atoms with Gasteiger partial charge in [-0.05, 0) is 18.2 Å². The van der Waals surface area contributed by atoms with Crippen molar-refractivity contribution in [3.63, 3.8) is 0 Å². The zero-order valence-corrected chi connectivity index (χ0v) is 11.5. The standard InChI is InChI=1S/C12H12ClNO2S.H2O/c1-7(2)17(16)10-6-9(13)12(15)11-8(10)4-3-5-14-11;/h3-7,15H,1-2H3;1H2. The summed E-state index contributed by atoms with van der Waals surface area (Å²) in [5.74, 6) is -0.0632. The smallest absolute Gasteiger partial charge is 0.160 e. The van der Waals surface area contributed by atoms with Crippen LogP contribution in [0.15, 0.2) is 29.3 Å². The van der Waals surface area contributed by atoms with E-state index in [2.05, 4.69) is 4.98 Å². The largest absolute Gasteiger partial charge is 0.504 e. The molecule has 2 aromatic rings. The molecule has 0 aliphatic rings. The van der Waals surface area contributed by atoms with Gasteiger partial charge in [-0.15, -0.1) is 0 Å². The van der Waals surface area contributed by atoms with Crippen molar-refractivity contribution in [3.8, 4) is 5.75 Å². The van der Waals surface area contributed by atoms with E-state index in [9.17, 15) is 9.32 Å². The van der Waals surface area contributed by atoms with Gasteiger partial charge in [-0.1, -0.05) is 25.4 Å². The first-order valence-electron chi connectivity index (χ1n) is 5.19. The highest BCUT2D eigenvalue weighted by molar-refractivity contribution is 7.85. The Bertz CT molecular complexity index is 601. The summed E-state index contributed by atoms with van der Waals surface area (Å²) in [6.45, 7) is 3.75. The molecule has 6 heteroatoms. The van der Waals surface area contributed by atoms with Crippen molar-refractivity contribution < 1.29 is 14.8 Å². The topological polar surface area (TPSA) is 81.7 Å². The highest BCUT2D eigenvalue weighted by Gasteiger charge is 2.17. The number of halogens is 1. The highest BCUT2D eigenvalue weighted by Crippen LogP contribution is 2.35. The Hall–Kier alpha value is -1.17. The van der Waals surface area contributed by atoms with Crippen LogP contribution in [0.25, 0.3) is 10.9 Å². The van der Waals surface area contributed by atoms with Gasteiger partial charge in [0.1, 0.15) is 5.52 Å². The molecule has 0 amide bonds. The molecule has 0 saturated carbocycles. The van der Waals surface area contributed by atoms with E-state index < -0.39 is 10.8 Å². The first kappa shape index (κ1) is 14.9. The highest BCUT2D eigenvalue weighted by atomic mass is 35.5. The third-order valence-electron chi connectivity index (χ3n) is 2.43. The van der Waals surface area contributed by atoms with Gasteiger partial charge < -0.3 is 10.6 Å². The normalized spacial score (nSPS) is 12.4. The molecule has 0 spiro atoms. The summed E-state index contributed by atoms with van der Waals surface area (Å²) >= 11 is 5.92. The number of fused-ring (bicyclic) bond motifs is 1. The number of nitrogens with zero attached hydrogens (tertiary/aromatic N) is 1. The molecule has 3 N–H and O–H groups in total. The summed E-state index contributed by atoms with van der Waals surface area (Å²) in [7, 11) is -1.16. The number of hydrogen-bond donors (Lipinski definition) is 1. The molecule has 18 heavy (non-hydrogen) atoms. The fourth-order valence-electron chi connectivity index (χ4n) is 1.59. The lowest BCUT2D eigenvalue weighted by atomic mass is 10.2. The van der Waals surface area contributed by atoms with Crippen LogP contribution in [0.2, 0.25) is 5.02 Å². The van der Waals surface area contributed by atoms with E-state index >= 15 is 0 Å². The number of aromatic hydroxyl groups is 1. The first-order chi connectivity index (χ1) is 8.02. The molecule has 98 valence electrons. The predicted molar refractivity (Wildman–Crippen MR) is 73.6 cm³/mol. The summed E-state index contributed by atoms with van der Waals surface area (Å²) in [5.41, 5.74) is 0.393. The Morgan fingerprint density at radius 1 is 1.44 bits per heavy atom. The summed E-state index contributed by atoms with van der Waals surface area (Å²) in [5, 5.41) is 10.7. The van der Waals surface area contributed by atoms with Crippen molar-refractivity contribution in [1.29, 1.82) is 0 Å².